The minimum atomic E-state index is 0.906. The second-order valence-corrected chi connectivity index (χ2v) is 14.9. The second-order valence-electron chi connectivity index (χ2n) is 14.9. The van der Waals surface area contributed by atoms with Gasteiger partial charge in [-0.05, 0) is 94.5 Å². The average Bonchev–Trinajstić information content (AvgIpc) is 3.94. The van der Waals surface area contributed by atoms with Crippen molar-refractivity contribution in [3.05, 3.63) is 206 Å². The van der Waals surface area contributed by atoms with Crippen LogP contribution in [0.5, 0.6) is 0 Å². The first-order chi connectivity index (χ1) is 28.3. The normalized spacial score (nSPS) is 11.9. The predicted molar refractivity (Wildman–Crippen MR) is 239 cm³/mol. The van der Waals surface area contributed by atoms with Gasteiger partial charge in [-0.1, -0.05) is 140 Å². The van der Waals surface area contributed by atoms with E-state index in [1.54, 1.807) is 0 Å². The van der Waals surface area contributed by atoms with Crippen LogP contribution in [0.25, 0.3) is 110 Å². The number of benzene rings is 9. The fourth-order valence-electron chi connectivity index (χ4n) is 9.21. The van der Waals surface area contributed by atoms with Gasteiger partial charge in [0.1, 0.15) is 11.2 Å². The molecule has 0 saturated carbocycles. The highest BCUT2D eigenvalue weighted by Gasteiger charge is 2.21. The van der Waals surface area contributed by atoms with Crippen LogP contribution in [0.1, 0.15) is 0 Å². The summed E-state index contributed by atoms with van der Waals surface area (Å²) in [4.78, 5) is 0. The van der Waals surface area contributed by atoms with Crippen LogP contribution in [-0.2, 0) is 0 Å². The van der Waals surface area contributed by atoms with Crippen molar-refractivity contribution >= 4 is 65.6 Å². The molecular formula is C54H34N2O. The van der Waals surface area contributed by atoms with E-state index in [1.165, 1.54) is 60.3 Å². The van der Waals surface area contributed by atoms with E-state index < -0.39 is 0 Å². The Morgan fingerprint density at radius 2 is 0.860 bits per heavy atom. The van der Waals surface area contributed by atoms with Crippen molar-refractivity contribution in [2.45, 2.75) is 0 Å². The van der Waals surface area contributed by atoms with Crippen molar-refractivity contribution in [3.63, 3.8) is 0 Å². The summed E-state index contributed by atoms with van der Waals surface area (Å²) in [7, 11) is 0. The van der Waals surface area contributed by atoms with Gasteiger partial charge in [0.25, 0.3) is 0 Å². The van der Waals surface area contributed by atoms with Crippen molar-refractivity contribution in [2.75, 3.05) is 0 Å². The van der Waals surface area contributed by atoms with Gasteiger partial charge in [-0.15, -0.1) is 0 Å². The summed E-state index contributed by atoms with van der Waals surface area (Å²) in [6.07, 6.45) is 0. The first kappa shape index (κ1) is 31.7. The standard InChI is InChI=1S/C54H34N2O/c1-2-17-39(18-3-1)55-49-27-8-5-22-47(49)53-44(23-13-28-50(53)55)46-25-12-24-45-41-20-4-7-26-48(41)56(54(45)46)40-19-11-16-37(33-40)35-14-10-15-36(32-35)38-30-31-43-42-21-6-9-29-51(42)57-52(43)34-38/h1-34H. The van der Waals surface area contributed by atoms with Gasteiger partial charge in [0.05, 0.1) is 22.1 Å². The molecule has 3 heterocycles. The average molecular weight is 727 g/mol. The molecule has 3 nitrogen and oxygen atoms in total. The van der Waals surface area contributed by atoms with Crippen molar-refractivity contribution < 1.29 is 4.42 Å². The lowest BCUT2D eigenvalue weighted by molar-refractivity contribution is 0.669. The van der Waals surface area contributed by atoms with Crippen LogP contribution >= 0.6 is 0 Å². The van der Waals surface area contributed by atoms with E-state index in [0.29, 0.717) is 0 Å². The quantitative estimate of drug-likeness (QED) is 0.173. The summed E-state index contributed by atoms with van der Waals surface area (Å²) < 4.78 is 11.1. The molecular weight excluding hydrogens is 693 g/mol. The van der Waals surface area contributed by atoms with Crippen LogP contribution in [0.4, 0.5) is 0 Å². The number of rotatable bonds is 5. The van der Waals surface area contributed by atoms with Gasteiger partial charge in [0.15, 0.2) is 0 Å². The van der Waals surface area contributed by atoms with E-state index in [2.05, 4.69) is 203 Å². The van der Waals surface area contributed by atoms with Gasteiger partial charge in [-0.25, -0.2) is 0 Å². The number of hydrogen-bond donors (Lipinski definition) is 0. The molecule has 9 aromatic carbocycles. The maximum atomic E-state index is 6.26. The Morgan fingerprint density at radius 3 is 1.70 bits per heavy atom. The molecule has 0 amide bonds. The number of para-hydroxylation sites is 5. The van der Waals surface area contributed by atoms with Crippen LogP contribution < -0.4 is 0 Å². The lowest BCUT2D eigenvalue weighted by atomic mass is 9.97. The lowest BCUT2D eigenvalue weighted by Gasteiger charge is -2.14. The van der Waals surface area contributed by atoms with Gasteiger partial charge < -0.3 is 13.6 Å². The van der Waals surface area contributed by atoms with Gasteiger partial charge in [-0.2, -0.15) is 0 Å². The first-order valence-corrected chi connectivity index (χ1v) is 19.5. The monoisotopic (exact) mass is 726 g/mol. The maximum absolute atomic E-state index is 6.26. The second kappa shape index (κ2) is 12.5. The summed E-state index contributed by atoms with van der Waals surface area (Å²) >= 11 is 0. The summed E-state index contributed by atoms with van der Waals surface area (Å²) in [6.45, 7) is 0. The molecule has 0 radical (unpaired) electrons. The van der Waals surface area contributed by atoms with E-state index in [-0.39, 0.29) is 0 Å². The Labute approximate surface area is 328 Å². The molecule has 0 aliphatic rings. The van der Waals surface area contributed by atoms with Crippen LogP contribution in [-0.4, -0.2) is 9.13 Å². The van der Waals surface area contributed by atoms with E-state index in [4.69, 9.17) is 4.42 Å². The van der Waals surface area contributed by atoms with Gasteiger partial charge >= 0.3 is 0 Å². The Balaban J connectivity index is 1.05. The fraction of sp³-hybridized carbons (Fsp3) is 0. The zero-order valence-electron chi connectivity index (χ0n) is 30.9. The maximum Gasteiger partial charge on any atom is 0.136 e. The summed E-state index contributed by atoms with van der Waals surface area (Å²) in [5.74, 6) is 0. The summed E-state index contributed by atoms with van der Waals surface area (Å²) in [5.41, 5.74) is 15.9. The molecule has 266 valence electrons. The molecule has 0 aliphatic carbocycles. The van der Waals surface area contributed by atoms with E-state index in [1.807, 2.05) is 12.1 Å². The molecule has 3 heteroatoms. The lowest BCUT2D eigenvalue weighted by Crippen LogP contribution is -1.96. The zero-order chi connectivity index (χ0) is 37.5. The molecule has 57 heavy (non-hydrogen) atoms. The van der Waals surface area contributed by atoms with Gasteiger partial charge in [-0.3, -0.25) is 0 Å². The summed E-state index contributed by atoms with van der Waals surface area (Å²) in [5, 5.41) is 7.26. The third-order valence-electron chi connectivity index (χ3n) is 11.7. The highest BCUT2D eigenvalue weighted by molar-refractivity contribution is 6.20. The predicted octanol–water partition coefficient (Wildman–Crippen LogP) is 14.8. The molecule has 0 bridgehead atoms. The fourth-order valence-corrected chi connectivity index (χ4v) is 9.21. The Hall–Kier alpha value is -7.62. The van der Waals surface area contributed by atoms with Crippen LogP contribution in [0.3, 0.4) is 0 Å². The number of hydrogen-bond acceptors (Lipinski definition) is 1. The van der Waals surface area contributed by atoms with Crippen LogP contribution in [0.2, 0.25) is 0 Å². The highest BCUT2D eigenvalue weighted by Crippen LogP contribution is 2.44. The van der Waals surface area contributed by atoms with E-state index in [0.717, 1.165) is 50.0 Å². The Morgan fingerprint density at radius 1 is 0.298 bits per heavy atom. The van der Waals surface area contributed by atoms with E-state index in [9.17, 15) is 0 Å². The molecule has 0 spiro atoms. The molecule has 12 rings (SSSR count). The largest absolute Gasteiger partial charge is 0.456 e. The SMILES string of the molecule is c1ccc(-n2c3ccccc3c3c(-c4cccc5c6ccccc6n(-c6cccc(-c7cccc(-c8ccc9c(c8)oc8ccccc89)c7)c6)c45)cccc32)cc1. The smallest absolute Gasteiger partial charge is 0.136 e. The number of fused-ring (bicyclic) bond motifs is 9. The third kappa shape index (κ3) is 4.86. The summed E-state index contributed by atoms with van der Waals surface area (Å²) in [6, 6.07) is 74.5. The van der Waals surface area contributed by atoms with Crippen molar-refractivity contribution in [1.82, 2.24) is 9.13 Å². The van der Waals surface area contributed by atoms with Crippen molar-refractivity contribution in [3.8, 4) is 44.8 Å². The minimum absolute atomic E-state index is 0.906. The van der Waals surface area contributed by atoms with Gasteiger partial charge in [0, 0.05) is 49.3 Å². The zero-order valence-corrected chi connectivity index (χ0v) is 30.9. The van der Waals surface area contributed by atoms with Crippen LogP contribution in [0, 0.1) is 0 Å². The highest BCUT2D eigenvalue weighted by atomic mass is 16.3. The van der Waals surface area contributed by atoms with Gasteiger partial charge in [0.2, 0.25) is 0 Å². The van der Waals surface area contributed by atoms with E-state index >= 15 is 0 Å². The topological polar surface area (TPSA) is 23.0 Å². The molecule has 0 atom stereocenters. The first-order valence-electron chi connectivity index (χ1n) is 19.5. The molecule has 0 fully saturated rings. The Bertz CT molecular complexity index is 3530. The number of furan rings is 1. The van der Waals surface area contributed by atoms with Crippen molar-refractivity contribution in [2.24, 2.45) is 0 Å². The molecule has 0 aliphatic heterocycles. The molecule has 12 aromatic rings. The Kier molecular flexibility index (Phi) is 6.93. The number of aromatic nitrogens is 2. The van der Waals surface area contributed by atoms with Crippen molar-refractivity contribution in [1.29, 1.82) is 0 Å². The molecule has 0 saturated heterocycles. The molecule has 3 aromatic heterocycles. The molecule has 0 N–H and O–H groups in total. The minimum Gasteiger partial charge on any atom is -0.456 e. The molecule has 0 unspecified atom stereocenters. The van der Waals surface area contributed by atoms with Crippen LogP contribution in [0.15, 0.2) is 211 Å². The number of nitrogens with zero attached hydrogens (tertiary/aromatic N) is 2. The third-order valence-corrected chi connectivity index (χ3v) is 11.7.